The molecule has 0 aliphatic heterocycles. The van der Waals surface area contributed by atoms with Crippen LogP contribution in [0, 0.1) is 6.92 Å². The summed E-state index contributed by atoms with van der Waals surface area (Å²) in [6.07, 6.45) is 1.67. The average Bonchev–Trinajstić information content (AvgIpc) is 2.93. The fourth-order valence-corrected chi connectivity index (χ4v) is 2.50. The second kappa shape index (κ2) is 7.83. The Kier molecular flexibility index (Phi) is 5.80. The van der Waals surface area contributed by atoms with Gasteiger partial charge in [-0.2, -0.15) is 0 Å². The van der Waals surface area contributed by atoms with E-state index in [0.29, 0.717) is 6.42 Å². The highest BCUT2D eigenvalue weighted by Gasteiger charge is 2.36. The second-order valence-electron chi connectivity index (χ2n) is 6.10. The first-order valence-corrected chi connectivity index (χ1v) is 8.09. The van der Waals surface area contributed by atoms with Crippen LogP contribution in [0.2, 0.25) is 0 Å². The molecule has 7 heteroatoms. The highest BCUT2D eigenvalue weighted by atomic mass is 16.5. The second-order valence-corrected chi connectivity index (χ2v) is 6.10. The Bertz CT molecular complexity index is 742. The van der Waals surface area contributed by atoms with Gasteiger partial charge in [-0.15, -0.1) is 0 Å². The standard InChI is InChI=1S/C18H23N3O4/c1-4-15-19-13(2)10-21(15)12-18(3,16(22)23)20-17(24)25-11-14-8-6-5-7-9-14/h5-10H,4,11-12H2,1-3H3,(H,20,24)(H,22,23). The molecular weight excluding hydrogens is 322 g/mol. The van der Waals surface area contributed by atoms with Gasteiger partial charge in [-0.25, -0.2) is 14.6 Å². The summed E-state index contributed by atoms with van der Waals surface area (Å²) in [6, 6.07) is 9.19. The van der Waals surface area contributed by atoms with Crippen molar-refractivity contribution < 1.29 is 19.4 Å². The molecular formula is C18H23N3O4. The maximum absolute atomic E-state index is 12.1. The minimum absolute atomic E-state index is 0.0623. The summed E-state index contributed by atoms with van der Waals surface area (Å²) in [6.45, 7) is 5.38. The third-order valence-electron chi connectivity index (χ3n) is 3.85. The zero-order valence-electron chi connectivity index (χ0n) is 14.7. The first kappa shape index (κ1) is 18.5. The van der Waals surface area contributed by atoms with Crippen molar-refractivity contribution in [1.82, 2.24) is 14.9 Å². The van der Waals surface area contributed by atoms with Gasteiger partial charge in [0.15, 0.2) is 5.54 Å². The minimum atomic E-state index is -1.51. The number of imidazole rings is 1. The number of alkyl carbamates (subject to hydrolysis) is 1. The number of carbonyl (C=O) groups is 2. The largest absolute Gasteiger partial charge is 0.479 e. The number of carboxylic acids is 1. The molecule has 1 aromatic heterocycles. The smallest absolute Gasteiger partial charge is 0.408 e. The van der Waals surface area contributed by atoms with Gasteiger partial charge < -0.3 is 19.7 Å². The molecule has 1 atom stereocenters. The first-order valence-electron chi connectivity index (χ1n) is 8.09. The van der Waals surface area contributed by atoms with Crippen molar-refractivity contribution in [3.05, 3.63) is 53.6 Å². The normalized spacial score (nSPS) is 13.1. The van der Waals surface area contributed by atoms with E-state index < -0.39 is 17.6 Å². The lowest BCUT2D eigenvalue weighted by atomic mass is 10.0. The third kappa shape index (κ3) is 4.82. The van der Waals surface area contributed by atoms with Gasteiger partial charge in [-0.05, 0) is 19.4 Å². The molecule has 1 amide bonds. The highest BCUT2D eigenvalue weighted by molar-refractivity contribution is 5.83. The number of aromatic nitrogens is 2. The summed E-state index contributed by atoms with van der Waals surface area (Å²) in [7, 11) is 0. The number of carbonyl (C=O) groups excluding carboxylic acids is 1. The van der Waals surface area contributed by atoms with Crippen molar-refractivity contribution in [3.8, 4) is 0 Å². The van der Waals surface area contributed by atoms with Crippen LogP contribution in [-0.2, 0) is 29.1 Å². The SMILES string of the molecule is CCc1nc(C)cn1CC(C)(NC(=O)OCc1ccccc1)C(=O)O. The van der Waals surface area contributed by atoms with E-state index in [1.165, 1.54) is 6.92 Å². The van der Waals surface area contributed by atoms with Gasteiger partial charge in [-0.1, -0.05) is 37.3 Å². The predicted molar refractivity (Wildman–Crippen MR) is 92.1 cm³/mol. The van der Waals surface area contributed by atoms with Crippen LogP contribution in [-0.4, -0.2) is 32.3 Å². The number of ether oxygens (including phenoxy) is 1. The molecule has 1 heterocycles. The Labute approximate surface area is 146 Å². The lowest BCUT2D eigenvalue weighted by Gasteiger charge is -2.27. The molecule has 0 bridgehead atoms. The van der Waals surface area contributed by atoms with Crippen LogP contribution < -0.4 is 5.32 Å². The van der Waals surface area contributed by atoms with Crippen molar-refractivity contribution in [2.75, 3.05) is 0 Å². The molecule has 7 nitrogen and oxygen atoms in total. The van der Waals surface area contributed by atoms with E-state index >= 15 is 0 Å². The average molecular weight is 345 g/mol. The Balaban J connectivity index is 2.05. The molecule has 0 aliphatic rings. The third-order valence-corrected chi connectivity index (χ3v) is 3.85. The lowest BCUT2D eigenvalue weighted by Crippen LogP contribution is -2.55. The van der Waals surface area contributed by atoms with Crippen molar-refractivity contribution in [3.63, 3.8) is 0 Å². The number of carboxylic acid groups (broad SMARTS) is 1. The van der Waals surface area contributed by atoms with Crippen molar-refractivity contribution in [2.45, 2.75) is 45.9 Å². The number of hydrogen-bond acceptors (Lipinski definition) is 4. The van der Waals surface area contributed by atoms with Gasteiger partial charge in [0.2, 0.25) is 0 Å². The monoisotopic (exact) mass is 345 g/mol. The summed E-state index contributed by atoms with van der Waals surface area (Å²) in [4.78, 5) is 28.2. The minimum Gasteiger partial charge on any atom is -0.479 e. The number of benzene rings is 1. The Hall–Kier alpha value is -2.83. The molecule has 1 aromatic carbocycles. The quantitative estimate of drug-likeness (QED) is 0.804. The number of aliphatic carboxylic acids is 1. The van der Waals surface area contributed by atoms with E-state index in [-0.39, 0.29) is 13.2 Å². The number of nitrogens with one attached hydrogen (secondary N) is 1. The van der Waals surface area contributed by atoms with Crippen molar-refractivity contribution >= 4 is 12.1 Å². The highest BCUT2D eigenvalue weighted by Crippen LogP contribution is 2.13. The van der Waals surface area contributed by atoms with E-state index in [4.69, 9.17) is 4.74 Å². The Morgan fingerprint density at radius 1 is 1.32 bits per heavy atom. The fraction of sp³-hybridized carbons (Fsp3) is 0.389. The zero-order chi connectivity index (χ0) is 18.4. The molecule has 2 N–H and O–H groups in total. The van der Waals surface area contributed by atoms with Gasteiger partial charge in [0.05, 0.1) is 12.2 Å². The Morgan fingerprint density at radius 2 is 2.00 bits per heavy atom. The van der Waals surface area contributed by atoms with Crippen molar-refractivity contribution in [1.29, 1.82) is 0 Å². The summed E-state index contributed by atoms with van der Waals surface area (Å²) < 4.78 is 6.89. The number of aryl methyl sites for hydroxylation is 2. The summed E-state index contributed by atoms with van der Waals surface area (Å²) >= 11 is 0. The molecule has 25 heavy (non-hydrogen) atoms. The van der Waals surface area contributed by atoms with Crippen molar-refractivity contribution in [2.24, 2.45) is 0 Å². The molecule has 0 radical (unpaired) electrons. The topological polar surface area (TPSA) is 93.5 Å². The number of nitrogens with zero attached hydrogens (tertiary/aromatic N) is 2. The van der Waals surface area contributed by atoms with E-state index in [2.05, 4.69) is 10.3 Å². The first-order chi connectivity index (χ1) is 11.8. The van der Waals surface area contributed by atoms with Crippen LogP contribution >= 0.6 is 0 Å². The maximum Gasteiger partial charge on any atom is 0.408 e. The molecule has 0 spiro atoms. The fourth-order valence-electron chi connectivity index (χ4n) is 2.50. The number of amides is 1. The number of rotatable bonds is 7. The summed E-state index contributed by atoms with van der Waals surface area (Å²) in [5, 5.41) is 12.1. The molecule has 0 aliphatic carbocycles. The van der Waals surface area contributed by atoms with Crippen LogP contribution in [0.15, 0.2) is 36.5 Å². The van der Waals surface area contributed by atoms with Crippen LogP contribution in [0.3, 0.4) is 0 Å². The van der Waals surface area contributed by atoms with Gasteiger partial charge >= 0.3 is 12.1 Å². The van der Waals surface area contributed by atoms with Crippen LogP contribution in [0.4, 0.5) is 4.79 Å². The lowest BCUT2D eigenvalue weighted by molar-refractivity contribution is -0.144. The van der Waals surface area contributed by atoms with Gasteiger partial charge in [-0.3, -0.25) is 0 Å². The molecule has 0 saturated heterocycles. The molecule has 0 saturated carbocycles. The van der Waals surface area contributed by atoms with E-state index in [9.17, 15) is 14.7 Å². The van der Waals surface area contributed by atoms with Crippen LogP contribution in [0.25, 0.3) is 0 Å². The van der Waals surface area contributed by atoms with E-state index in [1.54, 1.807) is 10.8 Å². The van der Waals surface area contributed by atoms with Crippen LogP contribution in [0.5, 0.6) is 0 Å². The Morgan fingerprint density at radius 3 is 2.60 bits per heavy atom. The predicted octanol–water partition coefficient (Wildman–Crippen LogP) is 2.52. The molecule has 2 rings (SSSR count). The van der Waals surface area contributed by atoms with E-state index in [0.717, 1.165) is 17.1 Å². The molecule has 0 fully saturated rings. The van der Waals surface area contributed by atoms with Gasteiger partial charge in [0, 0.05) is 12.6 Å². The zero-order valence-corrected chi connectivity index (χ0v) is 14.7. The summed E-state index contributed by atoms with van der Waals surface area (Å²) in [5.74, 6) is -0.373. The summed E-state index contributed by atoms with van der Waals surface area (Å²) in [5.41, 5.74) is 0.120. The maximum atomic E-state index is 12.1. The number of hydrogen-bond donors (Lipinski definition) is 2. The van der Waals surface area contributed by atoms with Gasteiger partial charge in [0.25, 0.3) is 0 Å². The van der Waals surface area contributed by atoms with Crippen LogP contribution in [0.1, 0.15) is 30.9 Å². The molecule has 1 unspecified atom stereocenters. The molecule has 134 valence electrons. The van der Waals surface area contributed by atoms with E-state index in [1.807, 2.05) is 44.2 Å². The van der Waals surface area contributed by atoms with Gasteiger partial charge in [0.1, 0.15) is 12.4 Å². The molecule has 2 aromatic rings.